The highest BCUT2D eigenvalue weighted by Gasteiger charge is 1.94. The van der Waals surface area contributed by atoms with Gasteiger partial charge in [-0.3, -0.25) is 0 Å². The molecule has 0 unspecified atom stereocenters. The lowest BCUT2D eigenvalue weighted by Crippen LogP contribution is -2.09. The van der Waals surface area contributed by atoms with Crippen LogP contribution in [0.5, 0.6) is 5.75 Å². The second kappa shape index (κ2) is 4.84. The molecule has 4 nitrogen and oxygen atoms in total. The first-order valence-electron chi connectivity index (χ1n) is 3.73. The van der Waals surface area contributed by atoms with Gasteiger partial charge in [-0.15, -0.1) is 0 Å². The Bertz CT molecular complexity index is 341. The Kier molecular flexibility index (Phi) is 3.72. The summed E-state index contributed by atoms with van der Waals surface area (Å²) in [6, 6.07) is 7.23. The standard InChI is InChI=1S/C8H11NO3S/c1-12-8-4-2-3-7(5-8)6-9-13(10)11/h2-5,13H,6H2,1H3,(H,9,10,11). The molecule has 0 saturated heterocycles. The second-order valence-corrected chi connectivity index (χ2v) is 3.27. The van der Waals surface area contributed by atoms with E-state index in [0.29, 0.717) is 6.54 Å². The zero-order valence-corrected chi connectivity index (χ0v) is 8.08. The fourth-order valence-electron chi connectivity index (χ4n) is 0.938. The average Bonchev–Trinajstić information content (AvgIpc) is 2.15. The van der Waals surface area contributed by atoms with Crippen molar-refractivity contribution < 1.29 is 13.2 Å². The summed E-state index contributed by atoms with van der Waals surface area (Å²) < 4.78 is 27.7. The van der Waals surface area contributed by atoms with Gasteiger partial charge in [0.25, 0.3) is 0 Å². The molecule has 1 aromatic rings. The summed E-state index contributed by atoms with van der Waals surface area (Å²) in [5, 5.41) is 0. The molecular weight excluding hydrogens is 190 g/mol. The molecule has 0 aromatic heterocycles. The minimum Gasteiger partial charge on any atom is -0.497 e. The van der Waals surface area contributed by atoms with E-state index in [0.717, 1.165) is 11.3 Å². The van der Waals surface area contributed by atoms with Crippen LogP contribution in [0.4, 0.5) is 0 Å². The van der Waals surface area contributed by atoms with Crippen molar-refractivity contribution in [3.05, 3.63) is 29.8 Å². The van der Waals surface area contributed by atoms with E-state index in [-0.39, 0.29) is 0 Å². The van der Waals surface area contributed by atoms with E-state index >= 15 is 0 Å². The molecule has 0 amide bonds. The van der Waals surface area contributed by atoms with Crippen molar-refractivity contribution in [1.82, 2.24) is 4.72 Å². The van der Waals surface area contributed by atoms with Crippen LogP contribution in [-0.4, -0.2) is 15.5 Å². The van der Waals surface area contributed by atoms with E-state index in [1.165, 1.54) is 0 Å². The van der Waals surface area contributed by atoms with Crippen LogP contribution in [0.2, 0.25) is 0 Å². The Morgan fingerprint density at radius 2 is 2.23 bits per heavy atom. The molecule has 72 valence electrons. The normalized spacial score (nSPS) is 10.3. The summed E-state index contributed by atoms with van der Waals surface area (Å²) in [5.74, 6) is 0.723. The third-order valence-electron chi connectivity index (χ3n) is 1.55. The summed E-state index contributed by atoms with van der Waals surface area (Å²) >= 11 is 0. The van der Waals surface area contributed by atoms with E-state index in [4.69, 9.17) is 4.74 Å². The van der Waals surface area contributed by atoms with Gasteiger partial charge in [0, 0.05) is 6.54 Å². The Labute approximate surface area is 78.6 Å². The Balaban J connectivity index is 2.66. The Morgan fingerprint density at radius 1 is 1.46 bits per heavy atom. The van der Waals surface area contributed by atoms with E-state index in [1.807, 2.05) is 12.1 Å². The first kappa shape index (κ1) is 10.0. The van der Waals surface area contributed by atoms with Crippen LogP contribution in [0.15, 0.2) is 24.3 Å². The SMILES string of the molecule is COc1cccc(CN[SH](=O)=O)c1. The van der Waals surface area contributed by atoms with Crippen LogP contribution in [0.3, 0.4) is 0 Å². The van der Waals surface area contributed by atoms with Crippen LogP contribution in [0.25, 0.3) is 0 Å². The lowest BCUT2D eigenvalue weighted by Gasteiger charge is -2.02. The van der Waals surface area contributed by atoms with Gasteiger partial charge in [-0.1, -0.05) is 12.1 Å². The molecule has 0 fully saturated rings. The molecule has 0 aliphatic carbocycles. The average molecular weight is 201 g/mol. The van der Waals surface area contributed by atoms with Crippen molar-refractivity contribution in [2.75, 3.05) is 7.11 Å². The summed E-state index contributed by atoms with van der Waals surface area (Å²) in [6.07, 6.45) is 0. The number of rotatable bonds is 4. The molecule has 1 N–H and O–H groups in total. The van der Waals surface area contributed by atoms with Gasteiger partial charge in [0.2, 0.25) is 10.9 Å². The van der Waals surface area contributed by atoms with Crippen molar-refractivity contribution in [2.45, 2.75) is 6.54 Å². The van der Waals surface area contributed by atoms with Gasteiger partial charge in [-0.05, 0) is 17.7 Å². The summed E-state index contributed by atoms with van der Waals surface area (Å²) in [4.78, 5) is 0. The van der Waals surface area contributed by atoms with Crippen LogP contribution < -0.4 is 9.46 Å². The minimum absolute atomic E-state index is 0.301. The highest BCUT2D eigenvalue weighted by molar-refractivity contribution is 7.70. The molecule has 0 atom stereocenters. The van der Waals surface area contributed by atoms with Gasteiger partial charge in [0.1, 0.15) is 5.75 Å². The largest absolute Gasteiger partial charge is 0.497 e. The van der Waals surface area contributed by atoms with Crippen LogP contribution in [0, 0.1) is 0 Å². The summed E-state index contributed by atoms with van der Waals surface area (Å²) in [6.45, 7) is 0.301. The van der Waals surface area contributed by atoms with Crippen molar-refractivity contribution in [1.29, 1.82) is 0 Å². The summed E-state index contributed by atoms with van der Waals surface area (Å²) in [5.41, 5.74) is 0.874. The maximum atomic E-state index is 10.2. The van der Waals surface area contributed by atoms with E-state index in [1.54, 1.807) is 19.2 Å². The number of hydrogen-bond acceptors (Lipinski definition) is 3. The quantitative estimate of drug-likeness (QED) is 0.689. The van der Waals surface area contributed by atoms with Crippen LogP contribution in [-0.2, 0) is 17.4 Å². The molecule has 1 rings (SSSR count). The molecule has 5 heteroatoms. The molecule has 13 heavy (non-hydrogen) atoms. The molecule has 0 heterocycles. The molecule has 0 bridgehead atoms. The predicted molar refractivity (Wildman–Crippen MR) is 50.1 cm³/mol. The van der Waals surface area contributed by atoms with Gasteiger partial charge >= 0.3 is 0 Å². The predicted octanol–water partition coefficient (Wildman–Crippen LogP) is 0.311. The van der Waals surface area contributed by atoms with Crippen molar-refractivity contribution in [2.24, 2.45) is 0 Å². The molecule has 0 aliphatic heterocycles. The maximum Gasteiger partial charge on any atom is 0.201 e. The number of thiol groups is 1. The monoisotopic (exact) mass is 201 g/mol. The van der Waals surface area contributed by atoms with E-state index < -0.39 is 10.9 Å². The topological polar surface area (TPSA) is 55.4 Å². The van der Waals surface area contributed by atoms with Crippen LogP contribution in [0.1, 0.15) is 5.56 Å². The van der Waals surface area contributed by atoms with Crippen LogP contribution >= 0.6 is 0 Å². The molecule has 0 radical (unpaired) electrons. The zero-order chi connectivity index (χ0) is 9.68. The van der Waals surface area contributed by atoms with Gasteiger partial charge in [-0.25, -0.2) is 13.1 Å². The smallest absolute Gasteiger partial charge is 0.201 e. The fourth-order valence-corrected chi connectivity index (χ4v) is 1.25. The number of nitrogens with one attached hydrogen (secondary N) is 1. The van der Waals surface area contributed by atoms with Crippen molar-refractivity contribution >= 4 is 10.9 Å². The first-order chi connectivity index (χ1) is 6.22. The lowest BCUT2D eigenvalue weighted by atomic mass is 10.2. The highest BCUT2D eigenvalue weighted by Crippen LogP contribution is 2.11. The van der Waals surface area contributed by atoms with Gasteiger partial charge in [0.05, 0.1) is 7.11 Å². The van der Waals surface area contributed by atoms with Gasteiger partial charge in [-0.2, -0.15) is 0 Å². The molecular formula is C8H11NO3S. The summed E-state index contributed by atoms with van der Waals surface area (Å²) in [7, 11) is -0.959. The number of ether oxygens (including phenoxy) is 1. The number of methoxy groups -OCH3 is 1. The lowest BCUT2D eigenvalue weighted by molar-refractivity contribution is 0.414. The third-order valence-corrected chi connectivity index (χ3v) is 1.96. The molecule has 1 aromatic carbocycles. The van der Waals surface area contributed by atoms with Crippen molar-refractivity contribution in [3.8, 4) is 5.75 Å². The zero-order valence-electron chi connectivity index (χ0n) is 7.19. The number of hydrogen-bond donors (Lipinski definition) is 2. The Hall–Kier alpha value is -1.07. The molecule has 0 aliphatic rings. The van der Waals surface area contributed by atoms with E-state index in [9.17, 15) is 8.42 Å². The second-order valence-electron chi connectivity index (χ2n) is 2.44. The van der Waals surface area contributed by atoms with Gasteiger partial charge < -0.3 is 4.74 Å². The number of benzene rings is 1. The highest BCUT2D eigenvalue weighted by atomic mass is 32.2. The van der Waals surface area contributed by atoms with Crippen molar-refractivity contribution in [3.63, 3.8) is 0 Å². The maximum absolute atomic E-state index is 10.2. The molecule has 0 spiro atoms. The molecule has 0 saturated carbocycles. The fraction of sp³-hybridized carbons (Fsp3) is 0.250. The van der Waals surface area contributed by atoms with E-state index in [2.05, 4.69) is 4.72 Å². The first-order valence-corrected chi connectivity index (χ1v) is 4.91. The Morgan fingerprint density at radius 3 is 2.85 bits per heavy atom. The minimum atomic E-state index is -2.53. The van der Waals surface area contributed by atoms with Gasteiger partial charge in [0.15, 0.2) is 0 Å². The third kappa shape index (κ3) is 3.43.